The molecule has 0 spiro atoms. The Morgan fingerprint density at radius 2 is 2.04 bits per heavy atom. The molecule has 0 saturated carbocycles. The Hall–Kier alpha value is -2.67. The number of amides is 1. The van der Waals surface area contributed by atoms with Crippen LogP contribution < -0.4 is 10.6 Å². The van der Waals surface area contributed by atoms with Crippen LogP contribution >= 0.6 is 11.3 Å². The molecule has 0 unspecified atom stereocenters. The topological polar surface area (TPSA) is 82.7 Å². The van der Waals surface area contributed by atoms with Crippen molar-refractivity contribution in [1.29, 1.82) is 0 Å². The van der Waals surface area contributed by atoms with E-state index < -0.39 is 0 Å². The normalized spacial score (nSPS) is 10.5. The van der Waals surface area contributed by atoms with E-state index in [2.05, 4.69) is 39.0 Å². The van der Waals surface area contributed by atoms with Gasteiger partial charge in [0.2, 0.25) is 0 Å². The summed E-state index contributed by atoms with van der Waals surface area (Å²) in [7, 11) is 0. The highest BCUT2D eigenvalue weighted by atomic mass is 32.1. The summed E-state index contributed by atoms with van der Waals surface area (Å²) in [6.07, 6.45) is 1.80. The number of aromatic nitrogens is 3. The second kappa shape index (κ2) is 7.74. The fourth-order valence-electron chi connectivity index (χ4n) is 2.27. The van der Waals surface area contributed by atoms with Gasteiger partial charge in [0.05, 0.1) is 0 Å². The Morgan fingerprint density at radius 1 is 1.21 bits per heavy atom. The lowest BCUT2D eigenvalue weighted by Crippen LogP contribution is -2.26. The zero-order chi connectivity index (χ0) is 16.8. The number of hydrogen-bond donors (Lipinski definition) is 3. The van der Waals surface area contributed by atoms with E-state index in [4.69, 9.17) is 0 Å². The molecule has 0 aliphatic heterocycles. The number of H-pyrrole nitrogens is 1. The minimum atomic E-state index is -0.243. The Kier molecular flexibility index (Phi) is 5.22. The molecule has 0 atom stereocenters. The average Bonchev–Trinajstić information content (AvgIpc) is 3.27. The van der Waals surface area contributed by atoms with Gasteiger partial charge >= 0.3 is 0 Å². The van der Waals surface area contributed by atoms with Gasteiger partial charge in [0.15, 0.2) is 11.5 Å². The van der Waals surface area contributed by atoms with Crippen LogP contribution in [-0.2, 0) is 12.8 Å². The Labute approximate surface area is 144 Å². The number of aryl methyl sites for hydroxylation is 1. The lowest BCUT2D eigenvalue weighted by atomic mass is 10.1. The van der Waals surface area contributed by atoms with Crippen molar-refractivity contribution in [2.75, 3.05) is 11.9 Å². The van der Waals surface area contributed by atoms with E-state index in [9.17, 15) is 4.79 Å². The van der Waals surface area contributed by atoms with E-state index in [1.807, 2.05) is 35.7 Å². The predicted molar refractivity (Wildman–Crippen MR) is 95.8 cm³/mol. The van der Waals surface area contributed by atoms with Crippen LogP contribution in [-0.4, -0.2) is 27.9 Å². The molecule has 3 rings (SSSR count). The molecule has 0 bridgehead atoms. The summed E-state index contributed by atoms with van der Waals surface area (Å²) in [5, 5.41) is 18.5. The molecule has 7 heteroatoms. The molecule has 0 saturated heterocycles. The minimum Gasteiger partial charge on any atom is -0.350 e. The molecular formula is C17H19N5OS. The molecule has 2 aromatic heterocycles. The van der Waals surface area contributed by atoms with Crippen LogP contribution in [0.3, 0.4) is 0 Å². The Morgan fingerprint density at radius 3 is 2.75 bits per heavy atom. The molecule has 0 aliphatic rings. The van der Waals surface area contributed by atoms with Crippen molar-refractivity contribution in [2.24, 2.45) is 0 Å². The Bertz CT molecular complexity index is 780. The zero-order valence-electron chi connectivity index (χ0n) is 13.4. The van der Waals surface area contributed by atoms with Gasteiger partial charge in [-0.3, -0.25) is 4.79 Å². The molecule has 3 N–H and O–H groups in total. The van der Waals surface area contributed by atoms with E-state index >= 15 is 0 Å². The third kappa shape index (κ3) is 3.99. The number of anilines is 2. The summed E-state index contributed by atoms with van der Waals surface area (Å²) in [6, 6.07) is 12.1. The summed E-state index contributed by atoms with van der Waals surface area (Å²) in [4.78, 5) is 13.5. The van der Waals surface area contributed by atoms with Crippen molar-refractivity contribution in [3.8, 4) is 0 Å². The lowest BCUT2D eigenvalue weighted by Gasteiger charge is -2.06. The minimum absolute atomic E-state index is 0.243. The first-order valence-electron chi connectivity index (χ1n) is 7.83. The first-order chi connectivity index (χ1) is 11.8. The molecule has 3 aromatic rings. The van der Waals surface area contributed by atoms with Crippen molar-refractivity contribution in [3.05, 3.63) is 57.9 Å². The molecule has 6 nitrogen and oxygen atoms in total. The Balaban J connectivity index is 1.60. The van der Waals surface area contributed by atoms with Gasteiger partial charge < -0.3 is 10.6 Å². The predicted octanol–water partition coefficient (Wildman–Crippen LogP) is 3.14. The van der Waals surface area contributed by atoms with Gasteiger partial charge in [-0.05, 0) is 42.0 Å². The molecule has 1 amide bonds. The zero-order valence-corrected chi connectivity index (χ0v) is 14.2. The number of nitrogens with zero attached hydrogens (tertiary/aromatic N) is 2. The fraction of sp³-hybridized carbons (Fsp3) is 0.235. The molecule has 2 heterocycles. The second-order valence-electron chi connectivity index (χ2n) is 5.28. The van der Waals surface area contributed by atoms with Crippen molar-refractivity contribution in [3.63, 3.8) is 0 Å². The number of rotatable bonds is 7. The van der Waals surface area contributed by atoms with E-state index in [-0.39, 0.29) is 11.6 Å². The summed E-state index contributed by atoms with van der Waals surface area (Å²) in [5.41, 5.74) is 2.39. The maximum atomic E-state index is 12.3. The largest absolute Gasteiger partial charge is 0.350 e. The van der Waals surface area contributed by atoms with E-state index in [0.29, 0.717) is 12.4 Å². The number of hydrogen-bond acceptors (Lipinski definition) is 5. The second-order valence-corrected chi connectivity index (χ2v) is 6.31. The van der Waals surface area contributed by atoms with Gasteiger partial charge in [0.1, 0.15) is 0 Å². The first kappa shape index (κ1) is 16.2. The molecule has 0 aliphatic carbocycles. The van der Waals surface area contributed by atoms with E-state index in [1.165, 1.54) is 10.4 Å². The van der Waals surface area contributed by atoms with Crippen molar-refractivity contribution >= 4 is 28.7 Å². The first-order valence-corrected chi connectivity index (χ1v) is 8.71. The number of aromatic amines is 1. The average molecular weight is 341 g/mol. The summed E-state index contributed by atoms with van der Waals surface area (Å²) < 4.78 is 0. The third-order valence-electron chi connectivity index (χ3n) is 3.62. The highest BCUT2D eigenvalue weighted by molar-refractivity contribution is 7.09. The number of thiophene rings is 1. The standard InChI is InChI=1S/C17H19N5OS/c1-2-12-5-7-13(8-6-12)19-16-15(20-22-21-16)17(23)18-10-9-14-4-3-11-24-14/h3-8,11H,2,9-10H2,1H3,(H,18,23)(H2,19,20,21,22). The molecular weight excluding hydrogens is 322 g/mol. The van der Waals surface area contributed by atoms with Crippen LogP contribution in [0.15, 0.2) is 41.8 Å². The van der Waals surface area contributed by atoms with Gasteiger partial charge in [-0.25, -0.2) is 0 Å². The smallest absolute Gasteiger partial charge is 0.275 e. The fourth-order valence-corrected chi connectivity index (χ4v) is 2.98. The lowest BCUT2D eigenvalue weighted by molar-refractivity contribution is 0.0950. The van der Waals surface area contributed by atoms with Crippen molar-refractivity contribution in [2.45, 2.75) is 19.8 Å². The van der Waals surface area contributed by atoms with Gasteiger partial charge in [0.25, 0.3) is 5.91 Å². The quantitative estimate of drug-likeness (QED) is 0.616. The third-order valence-corrected chi connectivity index (χ3v) is 4.56. The number of carbonyl (C=O) groups excluding carboxylic acids is 1. The van der Waals surface area contributed by atoms with E-state index in [1.54, 1.807) is 11.3 Å². The molecule has 124 valence electrons. The van der Waals surface area contributed by atoms with Crippen molar-refractivity contribution in [1.82, 2.24) is 20.7 Å². The highest BCUT2D eigenvalue weighted by Crippen LogP contribution is 2.17. The van der Waals surface area contributed by atoms with Gasteiger partial charge in [-0.15, -0.1) is 21.5 Å². The van der Waals surface area contributed by atoms with Gasteiger partial charge in [0, 0.05) is 17.1 Å². The summed E-state index contributed by atoms with van der Waals surface area (Å²) >= 11 is 1.68. The van der Waals surface area contributed by atoms with Crippen LogP contribution in [0.5, 0.6) is 0 Å². The van der Waals surface area contributed by atoms with E-state index in [0.717, 1.165) is 18.5 Å². The highest BCUT2D eigenvalue weighted by Gasteiger charge is 2.16. The van der Waals surface area contributed by atoms with Crippen LogP contribution in [0.1, 0.15) is 27.9 Å². The van der Waals surface area contributed by atoms with Crippen LogP contribution in [0.4, 0.5) is 11.5 Å². The molecule has 0 fully saturated rings. The van der Waals surface area contributed by atoms with Crippen LogP contribution in [0.2, 0.25) is 0 Å². The maximum absolute atomic E-state index is 12.3. The summed E-state index contributed by atoms with van der Waals surface area (Å²) in [5.74, 6) is 0.181. The summed E-state index contributed by atoms with van der Waals surface area (Å²) in [6.45, 7) is 2.68. The monoisotopic (exact) mass is 341 g/mol. The number of benzene rings is 1. The number of carbonyl (C=O) groups is 1. The maximum Gasteiger partial charge on any atom is 0.275 e. The van der Waals surface area contributed by atoms with Crippen molar-refractivity contribution < 1.29 is 4.79 Å². The SMILES string of the molecule is CCc1ccc(Nc2n[nH]nc2C(=O)NCCc2cccs2)cc1. The number of nitrogens with one attached hydrogen (secondary N) is 3. The molecule has 24 heavy (non-hydrogen) atoms. The van der Waals surface area contributed by atoms with Gasteiger partial charge in [-0.1, -0.05) is 25.1 Å². The molecule has 0 radical (unpaired) electrons. The van der Waals surface area contributed by atoms with Crippen LogP contribution in [0.25, 0.3) is 0 Å². The van der Waals surface area contributed by atoms with Gasteiger partial charge in [-0.2, -0.15) is 5.21 Å². The molecule has 1 aromatic carbocycles. The van der Waals surface area contributed by atoms with Crippen LogP contribution in [0, 0.1) is 0 Å².